The van der Waals surface area contributed by atoms with Gasteiger partial charge in [0.15, 0.2) is 0 Å². The Kier molecular flexibility index (Phi) is 7.87. The van der Waals surface area contributed by atoms with Crippen molar-refractivity contribution in [2.45, 2.75) is 6.92 Å². The van der Waals surface area contributed by atoms with Gasteiger partial charge in [0.25, 0.3) is 0 Å². The minimum atomic E-state index is 0.844. The van der Waals surface area contributed by atoms with Crippen LogP contribution in [0, 0.1) is 6.92 Å². The Labute approximate surface area is 379 Å². The number of rotatable bonds is 5. The van der Waals surface area contributed by atoms with Gasteiger partial charge in [0.2, 0.25) is 0 Å². The summed E-state index contributed by atoms with van der Waals surface area (Å²) in [5.74, 6) is 0. The molecule has 0 amide bonds. The number of para-hydroxylation sites is 3. The van der Waals surface area contributed by atoms with E-state index in [9.17, 15) is 0 Å². The van der Waals surface area contributed by atoms with Crippen LogP contribution in [0.2, 0.25) is 0 Å². The van der Waals surface area contributed by atoms with E-state index >= 15 is 0 Å². The van der Waals surface area contributed by atoms with Gasteiger partial charge in [-0.15, -0.1) is 0 Å². The number of hydrogen-bond donors (Lipinski definition) is 0. The first-order chi connectivity index (χ1) is 32.6. The fraction of sp³-hybridized carbons (Fsp3) is 0.0161. The molecule has 0 bridgehead atoms. The fourth-order valence-electron chi connectivity index (χ4n) is 10.7. The lowest BCUT2D eigenvalue weighted by molar-refractivity contribution is 0.668. The number of fused-ring (bicyclic) bond motifs is 11. The van der Waals surface area contributed by atoms with Crippen LogP contribution in [0.4, 0.5) is 0 Å². The molecule has 66 heavy (non-hydrogen) atoms. The van der Waals surface area contributed by atoms with Crippen LogP contribution in [0.15, 0.2) is 223 Å². The van der Waals surface area contributed by atoms with E-state index in [2.05, 4.69) is 234 Å². The standard InChI is InChI=1S/C62H39N3O/c1-38-51(36-54(43-28-26-39-14-5-7-16-41(39)32-43)63-62(38)44-29-27-40-15-6-8-17-42(40)33-44)49-22-13-25-59-61(49)50-31-30-46(34-60(50)66-59)65-56-24-12-10-21-48(56)53-35-52-47-20-9-11-23-55(47)64(57(52)37-58(53)65)45-18-3-2-4-19-45/h2-37H,1H3. The van der Waals surface area contributed by atoms with Gasteiger partial charge in [-0.05, 0) is 118 Å². The molecular formula is C62H39N3O. The molecule has 14 rings (SSSR count). The highest BCUT2D eigenvalue weighted by molar-refractivity contribution is 6.20. The minimum Gasteiger partial charge on any atom is -0.456 e. The van der Waals surface area contributed by atoms with Gasteiger partial charge >= 0.3 is 0 Å². The van der Waals surface area contributed by atoms with Gasteiger partial charge in [0, 0.05) is 60.9 Å². The summed E-state index contributed by atoms with van der Waals surface area (Å²) in [7, 11) is 0. The highest BCUT2D eigenvalue weighted by Gasteiger charge is 2.22. The van der Waals surface area contributed by atoms with Gasteiger partial charge in [0.1, 0.15) is 11.2 Å². The fourth-order valence-corrected chi connectivity index (χ4v) is 10.7. The Morgan fingerprint density at radius 3 is 1.68 bits per heavy atom. The predicted octanol–water partition coefficient (Wildman–Crippen LogP) is 16.8. The van der Waals surface area contributed by atoms with E-state index in [4.69, 9.17) is 9.40 Å². The maximum Gasteiger partial charge on any atom is 0.137 e. The number of hydrogen-bond acceptors (Lipinski definition) is 2. The lowest BCUT2D eigenvalue weighted by atomic mass is 9.91. The Hall–Kier alpha value is -8.73. The van der Waals surface area contributed by atoms with Crippen LogP contribution in [-0.4, -0.2) is 14.1 Å². The second-order valence-corrected chi connectivity index (χ2v) is 17.5. The van der Waals surface area contributed by atoms with Gasteiger partial charge in [-0.25, -0.2) is 4.98 Å². The summed E-state index contributed by atoms with van der Waals surface area (Å²) in [6, 6.07) is 78.9. The predicted molar refractivity (Wildman–Crippen MR) is 276 cm³/mol. The summed E-state index contributed by atoms with van der Waals surface area (Å²) >= 11 is 0. The third-order valence-electron chi connectivity index (χ3n) is 13.9. The van der Waals surface area contributed by atoms with E-state index in [1.54, 1.807) is 0 Å². The van der Waals surface area contributed by atoms with E-state index in [0.29, 0.717) is 0 Å². The van der Waals surface area contributed by atoms with Crippen molar-refractivity contribution >= 4 is 87.1 Å². The SMILES string of the molecule is Cc1c(-c2cccc3oc4cc(-n5c6ccccc6c6cc7c8ccccc8n(-c8ccccc8)c7cc65)ccc4c23)cc(-c2ccc3ccccc3c2)nc1-c1ccc2ccccc2c1. The Morgan fingerprint density at radius 1 is 0.364 bits per heavy atom. The molecule has 4 heteroatoms. The zero-order valence-corrected chi connectivity index (χ0v) is 36.0. The summed E-state index contributed by atoms with van der Waals surface area (Å²) in [6.45, 7) is 2.21. The summed E-state index contributed by atoms with van der Waals surface area (Å²) in [6.07, 6.45) is 0. The molecule has 0 aliphatic carbocycles. The van der Waals surface area contributed by atoms with Gasteiger partial charge in [-0.3, -0.25) is 0 Å². The van der Waals surface area contributed by atoms with E-state index in [1.807, 2.05) is 0 Å². The largest absolute Gasteiger partial charge is 0.456 e. The van der Waals surface area contributed by atoms with Crippen LogP contribution < -0.4 is 0 Å². The molecule has 4 nitrogen and oxygen atoms in total. The summed E-state index contributed by atoms with van der Waals surface area (Å²) in [5, 5.41) is 11.9. The van der Waals surface area contributed by atoms with E-state index in [-0.39, 0.29) is 0 Å². The zero-order valence-electron chi connectivity index (χ0n) is 36.0. The topological polar surface area (TPSA) is 35.9 Å². The molecular weight excluding hydrogens is 803 g/mol. The van der Waals surface area contributed by atoms with Crippen molar-refractivity contribution in [3.8, 4) is 45.0 Å². The van der Waals surface area contributed by atoms with Crippen LogP contribution in [0.5, 0.6) is 0 Å². The first kappa shape index (κ1) is 36.7. The van der Waals surface area contributed by atoms with Crippen LogP contribution in [-0.2, 0) is 0 Å². The molecule has 0 saturated heterocycles. The second kappa shape index (κ2) is 14.1. The van der Waals surface area contributed by atoms with Crippen molar-refractivity contribution in [2.75, 3.05) is 0 Å². The van der Waals surface area contributed by atoms with Gasteiger partial charge in [-0.2, -0.15) is 0 Å². The number of aromatic nitrogens is 3. The maximum atomic E-state index is 6.90. The third-order valence-corrected chi connectivity index (χ3v) is 13.9. The quantitative estimate of drug-likeness (QED) is 0.173. The normalized spacial score (nSPS) is 12.0. The molecule has 0 N–H and O–H groups in total. The summed E-state index contributed by atoms with van der Waals surface area (Å²) < 4.78 is 11.7. The lowest BCUT2D eigenvalue weighted by Crippen LogP contribution is -1.97. The smallest absolute Gasteiger partial charge is 0.137 e. The van der Waals surface area contributed by atoms with Crippen molar-refractivity contribution in [1.29, 1.82) is 0 Å². The van der Waals surface area contributed by atoms with Gasteiger partial charge in [-0.1, -0.05) is 140 Å². The number of nitrogens with zero attached hydrogens (tertiary/aromatic N) is 3. The van der Waals surface area contributed by atoms with Gasteiger partial charge < -0.3 is 13.6 Å². The van der Waals surface area contributed by atoms with Crippen LogP contribution in [0.1, 0.15) is 5.56 Å². The summed E-state index contributed by atoms with van der Waals surface area (Å²) in [5.41, 5.74) is 16.0. The van der Waals surface area contributed by atoms with Crippen molar-refractivity contribution in [1.82, 2.24) is 14.1 Å². The average Bonchev–Trinajstić information content (AvgIpc) is 4.02. The van der Waals surface area contributed by atoms with Crippen molar-refractivity contribution < 1.29 is 4.42 Å². The maximum absolute atomic E-state index is 6.90. The van der Waals surface area contributed by atoms with Crippen LogP contribution >= 0.6 is 0 Å². The molecule has 0 radical (unpaired) electrons. The summed E-state index contributed by atoms with van der Waals surface area (Å²) in [4.78, 5) is 5.46. The average molecular weight is 842 g/mol. The molecule has 0 atom stereocenters. The molecule has 4 heterocycles. The molecule has 0 unspecified atom stereocenters. The van der Waals surface area contributed by atoms with Crippen molar-refractivity contribution in [3.63, 3.8) is 0 Å². The van der Waals surface area contributed by atoms with Crippen molar-refractivity contribution in [2.24, 2.45) is 0 Å². The van der Waals surface area contributed by atoms with E-state index in [1.165, 1.54) is 54.1 Å². The molecule has 0 aliphatic rings. The third kappa shape index (κ3) is 5.49. The van der Waals surface area contributed by atoms with E-state index in [0.717, 1.165) is 83.6 Å². The van der Waals surface area contributed by atoms with Crippen LogP contribution in [0.3, 0.4) is 0 Å². The highest BCUT2D eigenvalue weighted by atomic mass is 16.3. The number of pyridine rings is 1. The van der Waals surface area contributed by atoms with Gasteiger partial charge in [0.05, 0.1) is 33.5 Å². The Balaban J connectivity index is 0.983. The number of furan rings is 1. The monoisotopic (exact) mass is 841 g/mol. The first-order valence-corrected chi connectivity index (χ1v) is 22.6. The van der Waals surface area contributed by atoms with E-state index < -0.39 is 0 Å². The first-order valence-electron chi connectivity index (χ1n) is 22.6. The molecule has 0 aliphatic heterocycles. The second-order valence-electron chi connectivity index (χ2n) is 17.5. The van der Waals surface area contributed by atoms with Crippen LogP contribution in [0.25, 0.3) is 132 Å². The highest BCUT2D eigenvalue weighted by Crippen LogP contribution is 2.44. The van der Waals surface area contributed by atoms with Crippen molar-refractivity contribution in [3.05, 3.63) is 224 Å². The molecule has 308 valence electrons. The molecule has 0 fully saturated rings. The molecule has 0 saturated carbocycles. The number of benzene rings is 10. The Morgan fingerprint density at radius 2 is 0.970 bits per heavy atom. The molecule has 10 aromatic carbocycles. The zero-order chi connectivity index (χ0) is 43.5. The Bertz CT molecular complexity index is 4300. The molecule has 14 aromatic rings. The molecule has 0 spiro atoms. The molecule has 4 aromatic heterocycles. The lowest BCUT2D eigenvalue weighted by Gasteiger charge is -2.16. The minimum absolute atomic E-state index is 0.844.